The van der Waals surface area contributed by atoms with Gasteiger partial charge in [-0.05, 0) is 54.3 Å². The fourth-order valence-corrected chi connectivity index (χ4v) is 6.53. The highest BCUT2D eigenvalue weighted by molar-refractivity contribution is 7.92. The molecule has 0 radical (unpaired) electrons. The molecule has 4 rings (SSSR count). The van der Waals surface area contributed by atoms with Gasteiger partial charge in [-0.15, -0.1) is 0 Å². The van der Waals surface area contributed by atoms with E-state index in [1.807, 2.05) is 36.4 Å². The van der Waals surface area contributed by atoms with Crippen molar-refractivity contribution in [2.75, 3.05) is 17.1 Å². The summed E-state index contributed by atoms with van der Waals surface area (Å²) in [6, 6.07) is 19.9. The van der Waals surface area contributed by atoms with Crippen LogP contribution in [0.2, 0.25) is 15.1 Å². The lowest BCUT2D eigenvalue weighted by atomic mass is 10.0. The second-order valence-electron chi connectivity index (χ2n) is 10.2. The number of halogens is 3. The summed E-state index contributed by atoms with van der Waals surface area (Å²) in [6.07, 6.45) is 5.05. The Bertz CT molecular complexity index is 1480. The summed E-state index contributed by atoms with van der Waals surface area (Å²) in [7, 11) is -3.97. The largest absolute Gasteiger partial charge is 0.352 e. The maximum Gasteiger partial charge on any atom is 0.244 e. The molecule has 11 heteroatoms. The van der Waals surface area contributed by atoms with Gasteiger partial charge in [-0.1, -0.05) is 90.1 Å². The van der Waals surface area contributed by atoms with Crippen LogP contribution in [0.15, 0.2) is 72.8 Å². The fourth-order valence-electron chi connectivity index (χ4n) is 5.03. The van der Waals surface area contributed by atoms with Crippen molar-refractivity contribution < 1.29 is 18.0 Å². The second kappa shape index (κ2) is 13.9. The first-order valence-electron chi connectivity index (χ1n) is 13.3. The predicted molar refractivity (Wildman–Crippen MR) is 165 cm³/mol. The average molecular weight is 637 g/mol. The molecule has 1 N–H and O–H groups in total. The van der Waals surface area contributed by atoms with Gasteiger partial charge in [0.1, 0.15) is 12.6 Å². The van der Waals surface area contributed by atoms with E-state index >= 15 is 0 Å². The first-order chi connectivity index (χ1) is 19.5. The van der Waals surface area contributed by atoms with Gasteiger partial charge in [-0.25, -0.2) is 8.42 Å². The summed E-state index contributed by atoms with van der Waals surface area (Å²) in [5.41, 5.74) is 1.64. The van der Waals surface area contributed by atoms with Crippen LogP contribution >= 0.6 is 34.8 Å². The number of hydrogen-bond donors (Lipinski definition) is 1. The van der Waals surface area contributed by atoms with Crippen LogP contribution in [0.25, 0.3) is 0 Å². The van der Waals surface area contributed by atoms with Crippen LogP contribution in [-0.4, -0.2) is 50.0 Å². The van der Waals surface area contributed by atoms with Gasteiger partial charge in [0.2, 0.25) is 21.8 Å². The van der Waals surface area contributed by atoms with E-state index in [2.05, 4.69) is 5.32 Å². The van der Waals surface area contributed by atoms with Crippen molar-refractivity contribution in [1.82, 2.24) is 10.2 Å². The second-order valence-corrected chi connectivity index (χ2v) is 13.4. The molecule has 3 aromatic rings. The summed E-state index contributed by atoms with van der Waals surface area (Å²) in [5.74, 6) is -0.864. The maximum atomic E-state index is 14.2. The number of anilines is 1. The molecular formula is C30H32Cl3N3O4S. The molecule has 0 aromatic heterocycles. The minimum Gasteiger partial charge on any atom is -0.352 e. The van der Waals surface area contributed by atoms with E-state index < -0.39 is 28.5 Å². The molecule has 2 amide bonds. The lowest BCUT2D eigenvalue weighted by molar-refractivity contribution is -0.140. The van der Waals surface area contributed by atoms with Crippen molar-refractivity contribution in [3.63, 3.8) is 0 Å². The highest BCUT2D eigenvalue weighted by atomic mass is 35.5. The van der Waals surface area contributed by atoms with Crippen LogP contribution in [-0.2, 0) is 32.6 Å². The van der Waals surface area contributed by atoms with Crippen LogP contribution in [0.5, 0.6) is 0 Å². The fraction of sp³-hybridized carbons (Fsp3) is 0.333. The SMILES string of the molecule is CS(=O)(=O)N(CC(=O)N(Cc1cccc(Cl)c1)[C@H](Cc1ccccc1)C(=O)NC1CCCC1)c1cc(Cl)ccc1Cl. The Kier molecular flexibility index (Phi) is 10.6. The Hall–Kier alpha value is -2.78. The van der Waals surface area contributed by atoms with E-state index in [0.717, 1.165) is 41.8 Å². The maximum absolute atomic E-state index is 14.2. The molecule has 3 aromatic carbocycles. The number of amides is 2. The van der Waals surface area contributed by atoms with E-state index in [1.54, 1.807) is 18.2 Å². The summed E-state index contributed by atoms with van der Waals surface area (Å²) in [5, 5.41) is 4.00. The van der Waals surface area contributed by atoms with Gasteiger partial charge in [0, 0.05) is 29.1 Å². The minimum atomic E-state index is -3.97. The Balaban J connectivity index is 1.74. The molecule has 0 aliphatic heterocycles. The molecule has 7 nitrogen and oxygen atoms in total. The quantitative estimate of drug-likeness (QED) is 0.275. The molecule has 1 aliphatic carbocycles. The van der Waals surface area contributed by atoms with Gasteiger partial charge in [-0.3, -0.25) is 13.9 Å². The molecule has 0 bridgehead atoms. The van der Waals surface area contributed by atoms with Gasteiger partial charge in [0.15, 0.2) is 0 Å². The zero-order valence-electron chi connectivity index (χ0n) is 22.6. The van der Waals surface area contributed by atoms with Crippen molar-refractivity contribution in [2.24, 2.45) is 0 Å². The van der Waals surface area contributed by atoms with E-state index in [1.165, 1.54) is 23.1 Å². The zero-order chi connectivity index (χ0) is 29.6. The number of carbonyl (C=O) groups excluding carboxylic acids is 2. The van der Waals surface area contributed by atoms with Gasteiger partial charge in [-0.2, -0.15) is 0 Å². The standard InChI is InChI=1S/C30H32Cl3N3O4S/c1-41(39,40)36(27-18-24(32)14-15-26(27)33)20-29(37)35(19-22-10-7-11-23(31)16-22)28(17-21-8-3-2-4-9-21)30(38)34-25-12-5-6-13-25/h2-4,7-11,14-16,18,25,28H,5-6,12-13,17,19-20H2,1H3,(H,34,38)/t28-/m1/s1. The van der Waals surface area contributed by atoms with Crippen LogP contribution in [0.3, 0.4) is 0 Å². The Morgan fingerprint density at radius 1 is 0.902 bits per heavy atom. The van der Waals surface area contributed by atoms with Crippen LogP contribution in [0.1, 0.15) is 36.8 Å². The summed E-state index contributed by atoms with van der Waals surface area (Å²) < 4.78 is 26.8. The van der Waals surface area contributed by atoms with Gasteiger partial charge in [0.25, 0.3) is 0 Å². The average Bonchev–Trinajstić information content (AvgIpc) is 3.43. The van der Waals surface area contributed by atoms with E-state index in [0.29, 0.717) is 10.6 Å². The molecular weight excluding hydrogens is 605 g/mol. The molecule has 0 unspecified atom stereocenters. The smallest absolute Gasteiger partial charge is 0.244 e. The normalized spacial score (nSPS) is 14.4. The van der Waals surface area contributed by atoms with Gasteiger partial charge < -0.3 is 10.2 Å². The van der Waals surface area contributed by atoms with Gasteiger partial charge >= 0.3 is 0 Å². The zero-order valence-corrected chi connectivity index (χ0v) is 25.7. The van der Waals surface area contributed by atoms with E-state index in [9.17, 15) is 18.0 Å². The third-order valence-electron chi connectivity index (χ3n) is 7.07. The molecule has 1 saturated carbocycles. The van der Waals surface area contributed by atoms with Crippen molar-refractivity contribution in [3.05, 3.63) is 99.0 Å². The highest BCUT2D eigenvalue weighted by Gasteiger charge is 2.34. The van der Waals surface area contributed by atoms with Gasteiger partial charge in [0.05, 0.1) is 17.0 Å². The summed E-state index contributed by atoms with van der Waals surface area (Å²) in [4.78, 5) is 29.4. The summed E-state index contributed by atoms with van der Waals surface area (Å²) in [6.45, 7) is -0.544. The van der Waals surface area contributed by atoms with E-state index in [4.69, 9.17) is 34.8 Å². The number of nitrogens with one attached hydrogen (secondary N) is 1. The summed E-state index contributed by atoms with van der Waals surface area (Å²) >= 11 is 18.8. The molecule has 0 heterocycles. The first kappa shape index (κ1) is 31.2. The predicted octanol–water partition coefficient (Wildman–Crippen LogP) is 6.11. The van der Waals surface area contributed by atoms with E-state index in [-0.39, 0.29) is 40.6 Å². The third kappa shape index (κ3) is 8.61. The third-order valence-corrected chi connectivity index (χ3v) is 8.99. The Morgan fingerprint density at radius 2 is 1.56 bits per heavy atom. The molecule has 0 spiro atoms. The number of hydrogen-bond acceptors (Lipinski definition) is 4. The number of benzene rings is 3. The lowest BCUT2D eigenvalue weighted by Gasteiger charge is -2.34. The highest BCUT2D eigenvalue weighted by Crippen LogP contribution is 2.31. The molecule has 1 aliphatic rings. The van der Waals surface area contributed by atoms with Crippen LogP contribution in [0, 0.1) is 0 Å². The number of sulfonamides is 1. The van der Waals surface area contributed by atoms with Crippen molar-refractivity contribution in [1.29, 1.82) is 0 Å². The number of nitrogens with zero attached hydrogens (tertiary/aromatic N) is 2. The van der Waals surface area contributed by atoms with Crippen molar-refractivity contribution in [3.8, 4) is 0 Å². The number of carbonyl (C=O) groups is 2. The van der Waals surface area contributed by atoms with Crippen LogP contribution in [0.4, 0.5) is 5.69 Å². The van der Waals surface area contributed by atoms with Crippen molar-refractivity contribution in [2.45, 2.75) is 50.7 Å². The lowest BCUT2D eigenvalue weighted by Crippen LogP contribution is -2.54. The Morgan fingerprint density at radius 3 is 2.22 bits per heavy atom. The molecule has 41 heavy (non-hydrogen) atoms. The molecule has 1 atom stereocenters. The molecule has 218 valence electrons. The topological polar surface area (TPSA) is 86.8 Å². The van der Waals surface area contributed by atoms with Crippen molar-refractivity contribution >= 4 is 62.3 Å². The minimum absolute atomic E-state index is 0.0293. The monoisotopic (exact) mass is 635 g/mol. The number of rotatable bonds is 11. The molecule has 0 saturated heterocycles. The Labute approximate surface area is 256 Å². The molecule has 1 fully saturated rings. The first-order valence-corrected chi connectivity index (χ1v) is 16.3. The van der Waals surface area contributed by atoms with Crippen LogP contribution < -0.4 is 9.62 Å².